The number of carbonyl (C=O) groups is 2. The van der Waals surface area contributed by atoms with E-state index in [4.69, 9.17) is 4.74 Å². The van der Waals surface area contributed by atoms with Crippen LogP contribution < -0.4 is 4.74 Å². The van der Waals surface area contributed by atoms with E-state index in [2.05, 4.69) is 13.8 Å². The van der Waals surface area contributed by atoms with E-state index in [0.717, 1.165) is 6.42 Å². The number of aldehydes is 2. The molecule has 0 atom stereocenters. The maximum absolute atomic E-state index is 10.7. The average molecular weight is 220 g/mol. The van der Waals surface area contributed by atoms with E-state index in [1.54, 1.807) is 18.2 Å². The Bertz CT molecular complexity index is 369. The fourth-order valence-corrected chi connectivity index (χ4v) is 1.26. The summed E-state index contributed by atoms with van der Waals surface area (Å²) in [6.07, 6.45) is 2.30. The van der Waals surface area contributed by atoms with Crippen LogP contribution in [0.5, 0.6) is 5.75 Å². The van der Waals surface area contributed by atoms with Crippen molar-refractivity contribution in [2.45, 2.75) is 20.3 Å². The molecule has 16 heavy (non-hydrogen) atoms. The van der Waals surface area contributed by atoms with Gasteiger partial charge in [-0.15, -0.1) is 0 Å². The van der Waals surface area contributed by atoms with Crippen LogP contribution >= 0.6 is 0 Å². The average Bonchev–Trinajstić information content (AvgIpc) is 2.28. The first-order chi connectivity index (χ1) is 7.67. The highest BCUT2D eigenvalue weighted by molar-refractivity contribution is 5.90. The first kappa shape index (κ1) is 12.4. The topological polar surface area (TPSA) is 43.4 Å². The van der Waals surface area contributed by atoms with Crippen molar-refractivity contribution in [1.29, 1.82) is 0 Å². The predicted molar refractivity (Wildman–Crippen MR) is 62.2 cm³/mol. The quantitative estimate of drug-likeness (QED) is 0.692. The van der Waals surface area contributed by atoms with Gasteiger partial charge in [0.15, 0.2) is 12.6 Å². The first-order valence-corrected chi connectivity index (χ1v) is 5.34. The molecule has 0 fully saturated rings. The highest BCUT2D eigenvalue weighted by Crippen LogP contribution is 2.16. The number of ether oxygens (including phenoxy) is 1. The molecule has 1 rings (SSSR count). The summed E-state index contributed by atoms with van der Waals surface area (Å²) in [5.41, 5.74) is 0.767. The van der Waals surface area contributed by atoms with E-state index in [1.165, 1.54) is 0 Å². The van der Waals surface area contributed by atoms with Crippen LogP contribution in [0.25, 0.3) is 0 Å². The maximum atomic E-state index is 10.7. The highest BCUT2D eigenvalue weighted by Gasteiger charge is 2.03. The molecule has 0 N–H and O–H groups in total. The number of hydrogen-bond donors (Lipinski definition) is 0. The molecule has 0 aliphatic carbocycles. The Balaban J connectivity index is 2.68. The summed E-state index contributed by atoms with van der Waals surface area (Å²) in [7, 11) is 0. The SMILES string of the molecule is CC(C)CCOc1ccc(C=O)c(C=O)c1. The largest absolute Gasteiger partial charge is 0.494 e. The van der Waals surface area contributed by atoms with Gasteiger partial charge in [-0.3, -0.25) is 9.59 Å². The smallest absolute Gasteiger partial charge is 0.150 e. The van der Waals surface area contributed by atoms with E-state index in [1.807, 2.05) is 0 Å². The van der Waals surface area contributed by atoms with E-state index in [9.17, 15) is 9.59 Å². The molecule has 0 unspecified atom stereocenters. The Hall–Kier alpha value is -1.64. The summed E-state index contributed by atoms with van der Waals surface area (Å²) in [6, 6.07) is 4.90. The van der Waals surface area contributed by atoms with Gasteiger partial charge in [0, 0.05) is 11.1 Å². The van der Waals surface area contributed by atoms with Gasteiger partial charge in [-0.2, -0.15) is 0 Å². The summed E-state index contributed by atoms with van der Waals surface area (Å²) in [5.74, 6) is 1.22. The van der Waals surface area contributed by atoms with Crippen molar-refractivity contribution in [3.05, 3.63) is 29.3 Å². The van der Waals surface area contributed by atoms with Gasteiger partial charge in [0.05, 0.1) is 6.61 Å². The summed E-state index contributed by atoms with van der Waals surface area (Å²) < 4.78 is 5.48. The Labute approximate surface area is 95.4 Å². The van der Waals surface area contributed by atoms with E-state index < -0.39 is 0 Å². The van der Waals surface area contributed by atoms with Gasteiger partial charge < -0.3 is 4.74 Å². The zero-order chi connectivity index (χ0) is 12.0. The lowest BCUT2D eigenvalue weighted by Gasteiger charge is -2.08. The van der Waals surface area contributed by atoms with Gasteiger partial charge in [0.1, 0.15) is 5.75 Å². The van der Waals surface area contributed by atoms with Crippen LogP contribution in [0.3, 0.4) is 0 Å². The molecular weight excluding hydrogens is 204 g/mol. The van der Waals surface area contributed by atoms with Crippen LogP contribution in [0.2, 0.25) is 0 Å². The van der Waals surface area contributed by atoms with E-state index in [-0.39, 0.29) is 0 Å². The molecule has 0 aromatic heterocycles. The van der Waals surface area contributed by atoms with Gasteiger partial charge in [-0.1, -0.05) is 13.8 Å². The Morgan fingerprint density at radius 2 is 1.88 bits per heavy atom. The first-order valence-electron chi connectivity index (χ1n) is 5.34. The van der Waals surface area contributed by atoms with Crippen LogP contribution in [0, 0.1) is 5.92 Å². The van der Waals surface area contributed by atoms with Gasteiger partial charge >= 0.3 is 0 Å². The van der Waals surface area contributed by atoms with Gasteiger partial charge in [-0.05, 0) is 30.5 Å². The third-order valence-electron chi connectivity index (χ3n) is 2.28. The maximum Gasteiger partial charge on any atom is 0.150 e. The molecule has 0 aliphatic rings. The van der Waals surface area contributed by atoms with Crippen LogP contribution in [0.15, 0.2) is 18.2 Å². The lowest BCUT2D eigenvalue weighted by molar-refractivity contribution is 0.109. The Kier molecular flexibility index (Phi) is 4.70. The van der Waals surface area contributed by atoms with Crippen molar-refractivity contribution in [3.63, 3.8) is 0 Å². The molecule has 0 amide bonds. The number of benzene rings is 1. The number of rotatable bonds is 6. The molecule has 0 aliphatic heterocycles. The van der Waals surface area contributed by atoms with Crippen molar-refractivity contribution in [1.82, 2.24) is 0 Å². The van der Waals surface area contributed by atoms with Crippen LogP contribution in [0.4, 0.5) is 0 Å². The second kappa shape index (κ2) is 6.05. The summed E-state index contributed by atoms with van der Waals surface area (Å²) >= 11 is 0. The summed E-state index contributed by atoms with van der Waals surface area (Å²) in [5, 5.41) is 0. The molecule has 0 saturated heterocycles. The minimum atomic E-state index is 0.372. The minimum Gasteiger partial charge on any atom is -0.494 e. The monoisotopic (exact) mass is 220 g/mol. The van der Waals surface area contributed by atoms with Crippen molar-refractivity contribution in [3.8, 4) is 5.75 Å². The van der Waals surface area contributed by atoms with E-state index in [0.29, 0.717) is 42.0 Å². The standard InChI is InChI=1S/C13H16O3/c1-10(2)5-6-16-13-4-3-11(8-14)12(7-13)9-15/h3-4,7-10H,5-6H2,1-2H3. The normalized spacial score (nSPS) is 10.2. The van der Waals surface area contributed by atoms with Crippen molar-refractivity contribution < 1.29 is 14.3 Å². The molecule has 0 saturated carbocycles. The fraction of sp³-hybridized carbons (Fsp3) is 0.385. The lowest BCUT2D eigenvalue weighted by atomic mass is 10.1. The minimum absolute atomic E-state index is 0.372. The van der Waals surface area contributed by atoms with Crippen LogP contribution in [0.1, 0.15) is 41.0 Å². The molecule has 0 bridgehead atoms. The lowest BCUT2D eigenvalue weighted by Crippen LogP contribution is -2.02. The van der Waals surface area contributed by atoms with Crippen molar-refractivity contribution in [2.75, 3.05) is 6.61 Å². The molecule has 0 radical (unpaired) electrons. The van der Waals surface area contributed by atoms with Gasteiger partial charge in [-0.25, -0.2) is 0 Å². The second-order valence-electron chi connectivity index (χ2n) is 4.06. The van der Waals surface area contributed by atoms with E-state index >= 15 is 0 Å². The molecule has 3 nitrogen and oxygen atoms in total. The number of carbonyl (C=O) groups excluding carboxylic acids is 2. The Morgan fingerprint density at radius 1 is 1.19 bits per heavy atom. The van der Waals surface area contributed by atoms with Gasteiger partial charge in [0.2, 0.25) is 0 Å². The third kappa shape index (κ3) is 3.50. The fourth-order valence-electron chi connectivity index (χ4n) is 1.26. The molecule has 3 heteroatoms. The van der Waals surface area contributed by atoms with Gasteiger partial charge in [0.25, 0.3) is 0 Å². The molecular formula is C13H16O3. The summed E-state index contributed by atoms with van der Waals surface area (Å²) in [4.78, 5) is 21.3. The zero-order valence-corrected chi connectivity index (χ0v) is 9.60. The van der Waals surface area contributed by atoms with Crippen molar-refractivity contribution in [2.24, 2.45) is 5.92 Å². The highest BCUT2D eigenvalue weighted by atomic mass is 16.5. The molecule has 1 aromatic rings. The van der Waals surface area contributed by atoms with Crippen LogP contribution in [-0.2, 0) is 0 Å². The number of hydrogen-bond acceptors (Lipinski definition) is 3. The molecule has 0 heterocycles. The molecule has 1 aromatic carbocycles. The Morgan fingerprint density at radius 3 is 2.44 bits per heavy atom. The van der Waals surface area contributed by atoms with Crippen molar-refractivity contribution >= 4 is 12.6 Å². The van der Waals surface area contributed by atoms with Crippen LogP contribution in [-0.4, -0.2) is 19.2 Å². The second-order valence-corrected chi connectivity index (χ2v) is 4.06. The zero-order valence-electron chi connectivity index (χ0n) is 9.60. The summed E-state index contributed by atoms with van der Waals surface area (Å²) in [6.45, 7) is 4.86. The molecule has 0 spiro atoms. The molecule has 86 valence electrons. The third-order valence-corrected chi connectivity index (χ3v) is 2.28. The predicted octanol–water partition coefficient (Wildman–Crippen LogP) is 2.74.